The molecule has 3 heterocycles. The Kier molecular flexibility index (Phi) is 5.40. The molecule has 0 bridgehead atoms. The van der Waals surface area contributed by atoms with Crippen LogP contribution in [0.4, 0.5) is 0 Å². The molecule has 0 radical (unpaired) electrons. The van der Waals surface area contributed by atoms with Gasteiger partial charge >= 0.3 is 0 Å². The zero-order valence-corrected chi connectivity index (χ0v) is 15.5. The van der Waals surface area contributed by atoms with E-state index >= 15 is 0 Å². The summed E-state index contributed by atoms with van der Waals surface area (Å²) in [7, 11) is 1.67. The molecule has 2 atom stereocenters. The Morgan fingerprint density at radius 3 is 2.74 bits per heavy atom. The van der Waals surface area contributed by atoms with Gasteiger partial charge in [0.25, 0.3) is 0 Å². The number of ether oxygens (including phenoxy) is 3. The molecule has 1 aromatic carbocycles. The van der Waals surface area contributed by atoms with E-state index in [1.165, 1.54) is 0 Å². The standard InChI is InChI=1S/C20H25N3O4/c1-25-18-9-20-19(26-5-2-6-27-20)8-15(18)12-23-11-14(17(24)13-23)7-16-10-21-3-4-22-16/h3-4,8-10,14,17,24H,2,5-7,11-13H2,1H3/t14-,17-/m1/s1. The van der Waals surface area contributed by atoms with Crippen LogP contribution in [0.25, 0.3) is 0 Å². The fraction of sp³-hybridized carbons (Fsp3) is 0.500. The van der Waals surface area contributed by atoms with Crippen LogP contribution >= 0.6 is 0 Å². The second-order valence-electron chi connectivity index (χ2n) is 7.08. The Hall–Kier alpha value is -2.38. The molecule has 7 heteroatoms. The van der Waals surface area contributed by atoms with Crippen molar-refractivity contribution < 1.29 is 19.3 Å². The molecule has 27 heavy (non-hydrogen) atoms. The minimum absolute atomic E-state index is 0.146. The van der Waals surface area contributed by atoms with E-state index in [1.807, 2.05) is 12.1 Å². The van der Waals surface area contributed by atoms with Crippen LogP contribution in [0.1, 0.15) is 17.7 Å². The first kappa shape index (κ1) is 18.0. The number of fused-ring (bicyclic) bond motifs is 1. The summed E-state index contributed by atoms with van der Waals surface area (Å²) in [5.74, 6) is 2.42. The second kappa shape index (κ2) is 8.10. The van der Waals surface area contributed by atoms with Crippen LogP contribution in [0.3, 0.4) is 0 Å². The molecule has 2 aromatic rings. The van der Waals surface area contributed by atoms with Gasteiger partial charge in [-0.15, -0.1) is 0 Å². The first-order chi connectivity index (χ1) is 13.2. The average Bonchev–Trinajstić information content (AvgIpc) is 2.88. The van der Waals surface area contributed by atoms with Crippen molar-refractivity contribution in [3.8, 4) is 17.2 Å². The number of aliphatic hydroxyl groups is 1. The Morgan fingerprint density at radius 2 is 2.00 bits per heavy atom. The van der Waals surface area contributed by atoms with Crippen molar-refractivity contribution >= 4 is 0 Å². The van der Waals surface area contributed by atoms with E-state index in [2.05, 4.69) is 14.9 Å². The molecule has 0 aliphatic carbocycles. The molecule has 1 saturated heterocycles. The van der Waals surface area contributed by atoms with E-state index in [0.29, 0.717) is 26.3 Å². The highest BCUT2D eigenvalue weighted by atomic mass is 16.5. The SMILES string of the molecule is COc1cc2c(cc1CN1C[C@@H](Cc3cnccn3)[C@H](O)C1)OCCCO2. The lowest BCUT2D eigenvalue weighted by molar-refractivity contribution is 0.140. The van der Waals surface area contributed by atoms with E-state index in [1.54, 1.807) is 25.7 Å². The lowest BCUT2D eigenvalue weighted by Gasteiger charge is -2.19. The van der Waals surface area contributed by atoms with Crippen LogP contribution in [0, 0.1) is 5.92 Å². The number of aliphatic hydroxyl groups excluding tert-OH is 1. The van der Waals surface area contributed by atoms with E-state index < -0.39 is 0 Å². The van der Waals surface area contributed by atoms with Crippen molar-refractivity contribution in [3.05, 3.63) is 42.0 Å². The summed E-state index contributed by atoms with van der Waals surface area (Å²) >= 11 is 0. The second-order valence-corrected chi connectivity index (χ2v) is 7.08. The number of hydrogen-bond donors (Lipinski definition) is 1. The van der Waals surface area contributed by atoms with Gasteiger partial charge in [-0.2, -0.15) is 0 Å². The number of hydrogen-bond acceptors (Lipinski definition) is 7. The topological polar surface area (TPSA) is 76.9 Å². The minimum Gasteiger partial charge on any atom is -0.496 e. The Bertz CT molecular complexity index is 771. The van der Waals surface area contributed by atoms with Gasteiger partial charge in [0.15, 0.2) is 11.5 Å². The van der Waals surface area contributed by atoms with Gasteiger partial charge in [-0.1, -0.05) is 0 Å². The van der Waals surface area contributed by atoms with Crippen molar-refractivity contribution in [2.45, 2.75) is 25.5 Å². The number of likely N-dealkylation sites (tertiary alicyclic amines) is 1. The molecule has 1 fully saturated rings. The first-order valence-electron chi connectivity index (χ1n) is 9.34. The van der Waals surface area contributed by atoms with Crippen LogP contribution in [-0.2, 0) is 13.0 Å². The van der Waals surface area contributed by atoms with Crippen molar-refractivity contribution in [2.24, 2.45) is 5.92 Å². The number of β-amino-alcohol motifs (C(OH)–C–C–N with tert-alkyl or cyclic N) is 1. The van der Waals surface area contributed by atoms with Crippen LogP contribution in [-0.4, -0.2) is 59.5 Å². The van der Waals surface area contributed by atoms with Crippen molar-refractivity contribution in [1.82, 2.24) is 14.9 Å². The van der Waals surface area contributed by atoms with Crippen LogP contribution < -0.4 is 14.2 Å². The lowest BCUT2D eigenvalue weighted by atomic mass is 10.0. The Morgan fingerprint density at radius 1 is 1.19 bits per heavy atom. The molecule has 0 saturated carbocycles. The van der Waals surface area contributed by atoms with Gasteiger partial charge < -0.3 is 19.3 Å². The molecule has 144 valence electrons. The largest absolute Gasteiger partial charge is 0.496 e. The molecule has 0 amide bonds. The van der Waals surface area contributed by atoms with Gasteiger partial charge in [-0.25, -0.2) is 0 Å². The van der Waals surface area contributed by atoms with E-state index in [9.17, 15) is 5.11 Å². The quantitative estimate of drug-likeness (QED) is 0.857. The molecule has 1 N–H and O–H groups in total. The lowest BCUT2D eigenvalue weighted by Crippen LogP contribution is -2.21. The zero-order valence-electron chi connectivity index (χ0n) is 15.5. The summed E-state index contributed by atoms with van der Waals surface area (Å²) in [6.45, 7) is 3.42. The van der Waals surface area contributed by atoms with Crippen molar-refractivity contribution in [1.29, 1.82) is 0 Å². The normalized spacial score (nSPS) is 22.4. The first-order valence-corrected chi connectivity index (χ1v) is 9.34. The average molecular weight is 371 g/mol. The predicted molar refractivity (Wildman–Crippen MR) is 99.1 cm³/mol. The highest BCUT2D eigenvalue weighted by Gasteiger charge is 2.32. The van der Waals surface area contributed by atoms with E-state index in [0.717, 1.165) is 47.9 Å². The molecule has 2 aliphatic rings. The fourth-order valence-electron chi connectivity index (χ4n) is 3.76. The summed E-state index contributed by atoms with van der Waals surface area (Å²) in [5, 5.41) is 10.5. The highest BCUT2D eigenvalue weighted by Crippen LogP contribution is 2.37. The van der Waals surface area contributed by atoms with E-state index in [-0.39, 0.29) is 12.0 Å². The molecule has 0 unspecified atom stereocenters. The number of benzene rings is 1. The Balaban J connectivity index is 1.47. The number of aromatic nitrogens is 2. The van der Waals surface area contributed by atoms with Gasteiger partial charge in [0.1, 0.15) is 5.75 Å². The minimum atomic E-state index is -0.376. The third-order valence-electron chi connectivity index (χ3n) is 5.11. The summed E-state index contributed by atoms with van der Waals surface area (Å²) in [5.41, 5.74) is 1.95. The summed E-state index contributed by atoms with van der Waals surface area (Å²) in [6, 6.07) is 3.90. The summed E-state index contributed by atoms with van der Waals surface area (Å²) in [6.07, 6.45) is 6.34. The smallest absolute Gasteiger partial charge is 0.164 e. The zero-order chi connectivity index (χ0) is 18.6. The molecular weight excluding hydrogens is 346 g/mol. The van der Waals surface area contributed by atoms with Crippen LogP contribution in [0.2, 0.25) is 0 Å². The molecular formula is C20H25N3O4. The molecule has 0 spiro atoms. The van der Waals surface area contributed by atoms with Crippen molar-refractivity contribution in [3.63, 3.8) is 0 Å². The third-order valence-corrected chi connectivity index (χ3v) is 5.11. The summed E-state index contributed by atoms with van der Waals surface area (Å²) < 4.78 is 17.1. The highest BCUT2D eigenvalue weighted by molar-refractivity contribution is 5.51. The van der Waals surface area contributed by atoms with Gasteiger partial charge in [0, 0.05) is 62.2 Å². The number of methoxy groups -OCH3 is 1. The predicted octanol–water partition coefficient (Wildman–Crippen LogP) is 1.68. The Labute approximate surface area is 158 Å². The summed E-state index contributed by atoms with van der Waals surface area (Å²) in [4.78, 5) is 10.7. The van der Waals surface area contributed by atoms with Gasteiger partial charge in [0.05, 0.1) is 32.1 Å². The maximum absolute atomic E-state index is 10.5. The maximum Gasteiger partial charge on any atom is 0.164 e. The molecule has 4 rings (SSSR count). The molecule has 1 aromatic heterocycles. The van der Waals surface area contributed by atoms with Crippen LogP contribution in [0.5, 0.6) is 17.2 Å². The monoisotopic (exact) mass is 371 g/mol. The number of nitrogens with zero attached hydrogens (tertiary/aromatic N) is 3. The van der Waals surface area contributed by atoms with Gasteiger partial charge in [0.2, 0.25) is 0 Å². The van der Waals surface area contributed by atoms with Crippen molar-refractivity contribution in [2.75, 3.05) is 33.4 Å². The van der Waals surface area contributed by atoms with Crippen LogP contribution in [0.15, 0.2) is 30.7 Å². The number of rotatable bonds is 5. The molecule has 7 nitrogen and oxygen atoms in total. The maximum atomic E-state index is 10.5. The molecule has 2 aliphatic heterocycles. The third kappa shape index (κ3) is 4.14. The fourth-order valence-corrected chi connectivity index (χ4v) is 3.76. The van der Waals surface area contributed by atoms with Gasteiger partial charge in [-0.05, 0) is 12.5 Å². The van der Waals surface area contributed by atoms with E-state index in [4.69, 9.17) is 14.2 Å². The van der Waals surface area contributed by atoms with Gasteiger partial charge in [-0.3, -0.25) is 14.9 Å².